The van der Waals surface area contributed by atoms with Crippen LogP contribution in [0.1, 0.15) is 33.2 Å². The van der Waals surface area contributed by atoms with Crippen molar-refractivity contribution < 1.29 is 19.1 Å². The number of Topliss-reactive ketones (excluding diaryl/α,β-unsaturated/α-hetero) is 1. The number of nitrogens with zero attached hydrogens (tertiary/aromatic N) is 1. The minimum absolute atomic E-state index is 0.000935. The van der Waals surface area contributed by atoms with Gasteiger partial charge in [0.25, 0.3) is 5.91 Å². The van der Waals surface area contributed by atoms with Gasteiger partial charge in [0.1, 0.15) is 0 Å². The number of carbonyl (C=O) groups excluding carboxylic acids is 2. The molecule has 0 radical (unpaired) electrons. The van der Waals surface area contributed by atoms with Gasteiger partial charge in [-0.2, -0.15) is 0 Å². The lowest BCUT2D eigenvalue weighted by molar-refractivity contribution is 0.0991. The minimum Gasteiger partial charge on any atom is -0.493 e. The number of benzene rings is 2. The molecule has 23 heavy (non-hydrogen) atoms. The molecule has 118 valence electrons. The van der Waals surface area contributed by atoms with Crippen molar-refractivity contribution in [2.45, 2.75) is 13.5 Å². The highest BCUT2D eigenvalue weighted by atomic mass is 16.5. The van der Waals surface area contributed by atoms with Gasteiger partial charge in [-0.3, -0.25) is 9.59 Å². The highest BCUT2D eigenvalue weighted by molar-refractivity contribution is 6.12. The molecular weight excluding hydrogens is 294 g/mol. The summed E-state index contributed by atoms with van der Waals surface area (Å²) >= 11 is 0. The molecule has 2 aromatic carbocycles. The van der Waals surface area contributed by atoms with E-state index in [4.69, 9.17) is 9.47 Å². The molecule has 0 N–H and O–H groups in total. The second-order valence-corrected chi connectivity index (χ2v) is 5.33. The third-order valence-electron chi connectivity index (χ3n) is 4.00. The van der Waals surface area contributed by atoms with Gasteiger partial charge in [-0.15, -0.1) is 0 Å². The molecule has 0 unspecified atom stereocenters. The molecular formula is C18H17NO4. The molecule has 0 spiro atoms. The number of ether oxygens (including phenoxy) is 2. The molecule has 3 rings (SSSR count). The number of rotatable bonds is 4. The van der Waals surface area contributed by atoms with Crippen LogP contribution >= 0.6 is 0 Å². The molecule has 2 aromatic rings. The van der Waals surface area contributed by atoms with Gasteiger partial charge in [0.2, 0.25) is 0 Å². The average Bonchev–Trinajstić information content (AvgIpc) is 2.91. The first-order chi connectivity index (χ1) is 11.1. The summed E-state index contributed by atoms with van der Waals surface area (Å²) in [4.78, 5) is 25.8. The Bertz CT molecular complexity index is 780. The molecule has 1 heterocycles. The number of hydrogen-bond donors (Lipinski definition) is 0. The van der Waals surface area contributed by atoms with Crippen LogP contribution in [0.5, 0.6) is 11.5 Å². The van der Waals surface area contributed by atoms with Gasteiger partial charge >= 0.3 is 0 Å². The smallest absolute Gasteiger partial charge is 0.262 e. The van der Waals surface area contributed by atoms with Crippen LogP contribution < -0.4 is 14.4 Å². The number of anilines is 1. The van der Waals surface area contributed by atoms with E-state index in [2.05, 4.69) is 0 Å². The average molecular weight is 311 g/mol. The van der Waals surface area contributed by atoms with Crippen molar-refractivity contribution in [3.05, 3.63) is 53.1 Å². The van der Waals surface area contributed by atoms with E-state index in [-0.39, 0.29) is 11.7 Å². The van der Waals surface area contributed by atoms with E-state index >= 15 is 0 Å². The van der Waals surface area contributed by atoms with Gasteiger partial charge in [-0.05, 0) is 42.8 Å². The molecule has 0 aromatic heterocycles. The molecule has 0 saturated heterocycles. The predicted molar refractivity (Wildman–Crippen MR) is 86.5 cm³/mol. The van der Waals surface area contributed by atoms with Crippen molar-refractivity contribution in [3.63, 3.8) is 0 Å². The van der Waals surface area contributed by atoms with E-state index in [0.717, 1.165) is 11.3 Å². The molecule has 1 aliphatic rings. The van der Waals surface area contributed by atoms with Crippen molar-refractivity contribution in [2.24, 2.45) is 0 Å². The first kappa shape index (κ1) is 15.1. The molecule has 0 bridgehead atoms. The van der Waals surface area contributed by atoms with Gasteiger partial charge in [0, 0.05) is 11.3 Å². The standard InChI is InChI=1S/C18H17NO4/c1-11(20)12-4-7-14(8-5-12)19-10-13-6-9-15(22-2)17(23-3)16(13)18(19)21/h4-9H,10H2,1-3H3. The van der Waals surface area contributed by atoms with E-state index in [9.17, 15) is 9.59 Å². The van der Waals surface area contributed by atoms with Crippen LogP contribution in [-0.2, 0) is 6.54 Å². The quantitative estimate of drug-likeness (QED) is 0.814. The molecule has 0 aliphatic carbocycles. The maximum atomic E-state index is 12.8. The minimum atomic E-state index is -0.133. The molecule has 0 fully saturated rings. The number of fused-ring (bicyclic) bond motifs is 1. The van der Waals surface area contributed by atoms with Gasteiger partial charge in [-0.1, -0.05) is 6.07 Å². The maximum Gasteiger partial charge on any atom is 0.262 e. The lowest BCUT2D eigenvalue weighted by atomic mass is 10.1. The summed E-state index contributed by atoms with van der Waals surface area (Å²) in [6.45, 7) is 1.98. The number of methoxy groups -OCH3 is 2. The Balaban J connectivity index is 1.99. The van der Waals surface area contributed by atoms with Crippen molar-refractivity contribution >= 4 is 17.4 Å². The number of amides is 1. The van der Waals surface area contributed by atoms with E-state index in [0.29, 0.717) is 29.2 Å². The molecule has 0 atom stereocenters. The lowest BCUT2D eigenvalue weighted by Gasteiger charge is -2.16. The largest absolute Gasteiger partial charge is 0.493 e. The summed E-state index contributed by atoms with van der Waals surface area (Å²) in [7, 11) is 3.07. The third-order valence-corrected chi connectivity index (χ3v) is 4.00. The summed E-state index contributed by atoms with van der Waals surface area (Å²) in [6.07, 6.45) is 0. The van der Waals surface area contributed by atoms with Crippen LogP contribution in [0.15, 0.2) is 36.4 Å². The Morgan fingerprint density at radius 2 is 1.74 bits per heavy atom. The van der Waals surface area contributed by atoms with Crippen molar-refractivity contribution in [2.75, 3.05) is 19.1 Å². The topological polar surface area (TPSA) is 55.8 Å². The summed E-state index contributed by atoms with van der Waals surface area (Å²) in [5.74, 6) is 0.858. The Labute approximate surface area is 134 Å². The van der Waals surface area contributed by atoms with Gasteiger partial charge in [0.05, 0.1) is 26.3 Å². The monoisotopic (exact) mass is 311 g/mol. The highest BCUT2D eigenvalue weighted by Crippen LogP contribution is 2.39. The fourth-order valence-corrected chi connectivity index (χ4v) is 2.80. The van der Waals surface area contributed by atoms with E-state index in [1.807, 2.05) is 6.07 Å². The zero-order chi connectivity index (χ0) is 16.6. The molecule has 0 saturated carbocycles. The molecule has 5 heteroatoms. The normalized spacial score (nSPS) is 13.0. The van der Waals surface area contributed by atoms with Crippen LogP contribution in [0.25, 0.3) is 0 Å². The first-order valence-corrected chi connectivity index (χ1v) is 7.23. The summed E-state index contributed by atoms with van der Waals surface area (Å²) < 4.78 is 10.6. The van der Waals surface area contributed by atoms with Crippen molar-refractivity contribution in [1.82, 2.24) is 0 Å². The molecule has 1 amide bonds. The zero-order valence-corrected chi connectivity index (χ0v) is 13.3. The summed E-state index contributed by atoms with van der Waals surface area (Å²) in [6, 6.07) is 10.7. The molecule has 5 nitrogen and oxygen atoms in total. The lowest BCUT2D eigenvalue weighted by Crippen LogP contribution is -2.23. The zero-order valence-electron chi connectivity index (χ0n) is 13.3. The fourth-order valence-electron chi connectivity index (χ4n) is 2.80. The van der Waals surface area contributed by atoms with E-state index < -0.39 is 0 Å². The van der Waals surface area contributed by atoms with Crippen LogP contribution in [0, 0.1) is 0 Å². The van der Waals surface area contributed by atoms with Crippen LogP contribution in [0.3, 0.4) is 0 Å². The van der Waals surface area contributed by atoms with Gasteiger partial charge in [-0.25, -0.2) is 0 Å². The van der Waals surface area contributed by atoms with Crippen LogP contribution in [0.4, 0.5) is 5.69 Å². The van der Waals surface area contributed by atoms with Gasteiger partial charge in [0.15, 0.2) is 17.3 Å². The SMILES string of the molecule is COc1ccc2c(c1OC)C(=O)N(c1ccc(C(C)=O)cc1)C2. The maximum absolute atomic E-state index is 12.8. The first-order valence-electron chi connectivity index (χ1n) is 7.23. The Hall–Kier alpha value is -2.82. The fraction of sp³-hybridized carbons (Fsp3) is 0.222. The Kier molecular flexibility index (Phi) is 3.78. The predicted octanol–water partition coefficient (Wildman–Crippen LogP) is 3.07. The number of carbonyl (C=O) groups is 2. The number of ketones is 1. The van der Waals surface area contributed by atoms with E-state index in [1.165, 1.54) is 14.0 Å². The molecule has 1 aliphatic heterocycles. The van der Waals surface area contributed by atoms with Crippen LogP contribution in [-0.4, -0.2) is 25.9 Å². The Morgan fingerprint density at radius 1 is 1.04 bits per heavy atom. The van der Waals surface area contributed by atoms with Crippen molar-refractivity contribution in [3.8, 4) is 11.5 Å². The highest BCUT2D eigenvalue weighted by Gasteiger charge is 2.33. The Morgan fingerprint density at radius 3 is 2.30 bits per heavy atom. The number of hydrogen-bond acceptors (Lipinski definition) is 4. The summed E-state index contributed by atoms with van der Waals surface area (Å²) in [5, 5.41) is 0. The second kappa shape index (κ2) is 5.76. The van der Waals surface area contributed by atoms with Crippen molar-refractivity contribution in [1.29, 1.82) is 0 Å². The van der Waals surface area contributed by atoms with Crippen LogP contribution in [0.2, 0.25) is 0 Å². The third kappa shape index (κ3) is 2.44. The van der Waals surface area contributed by atoms with Gasteiger partial charge < -0.3 is 14.4 Å². The second-order valence-electron chi connectivity index (χ2n) is 5.33. The summed E-state index contributed by atoms with van der Waals surface area (Å²) in [5.41, 5.74) is 2.79. The van der Waals surface area contributed by atoms with E-state index in [1.54, 1.807) is 42.3 Å².